The summed E-state index contributed by atoms with van der Waals surface area (Å²) >= 11 is 0. The van der Waals surface area contributed by atoms with Gasteiger partial charge >= 0.3 is 0 Å². The molecule has 25 heavy (non-hydrogen) atoms. The monoisotopic (exact) mass is 334 g/mol. The largest absolute Gasteiger partial charge is 0.326 e. The topological polar surface area (TPSA) is 76.0 Å². The van der Waals surface area contributed by atoms with E-state index in [1.807, 2.05) is 37.3 Å². The summed E-state index contributed by atoms with van der Waals surface area (Å²) in [5.74, 6) is -0.423. The third-order valence-corrected chi connectivity index (χ3v) is 3.64. The van der Waals surface area contributed by atoms with Crippen molar-refractivity contribution in [3.05, 3.63) is 72.1 Å². The molecule has 0 atom stereocenters. The normalized spacial score (nSPS) is 10.3. The van der Waals surface area contributed by atoms with Gasteiger partial charge in [0.25, 0.3) is 5.91 Å². The van der Waals surface area contributed by atoms with Gasteiger partial charge in [-0.05, 0) is 48.9 Å². The highest BCUT2D eigenvalue weighted by atomic mass is 16.2. The molecule has 2 N–H and O–H groups in total. The molecule has 1 heterocycles. The number of nitrogens with zero attached hydrogens (tertiary/aromatic N) is 2. The maximum atomic E-state index is 12.4. The Kier molecular flexibility index (Phi) is 4.61. The number of nitrogens with one attached hydrogen (secondary N) is 2. The molecule has 1 aromatic heterocycles. The van der Waals surface area contributed by atoms with Crippen LogP contribution in [0.5, 0.6) is 0 Å². The summed E-state index contributed by atoms with van der Waals surface area (Å²) in [5, 5.41) is 9.86. The molecule has 126 valence electrons. The zero-order valence-corrected chi connectivity index (χ0v) is 14.0. The predicted octanol–water partition coefficient (Wildman–Crippen LogP) is 3.39. The fourth-order valence-corrected chi connectivity index (χ4v) is 2.44. The Labute approximate surface area is 145 Å². The maximum absolute atomic E-state index is 12.4. The van der Waals surface area contributed by atoms with E-state index in [9.17, 15) is 9.59 Å². The molecule has 0 bridgehead atoms. The maximum Gasteiger partial charge on any atom is 0.276 e. The number of para-hydroxylation sites is 1. The molecule has 6 heteroatoms. The highest BCUT2D eigenvalue weighted by Crippen LogP contribution is 2.20. The Hall–Kier alpha value is -3.41. The Morgan fingerprint density at radius 1 is 1.00 bits per heavy atom. The van der Waals surface area contributed by atoms with Crippen molar-refractivity contribution >= 4 is 23.2 Å². The number of carbonyl (C=O) groups is 2. The lowest BCUT2D eigenvalue weighted by atomic mass is 10.1. The number of amides is 2. The van der Waals surface area contributed by atoms with Crippen molar-refractivity contribution in [3.8, 4) is 5.69 Å². The smallest absolute Gasteiger partial charge is 0.276 e. The van der Waals surface area contributed by atoms with Crippen LogP contribution < -0.4 is 10.6 Å². The standard InChI is InChI=1S/C19H18N4O2/c1-13-12-15(8-9-17(13)20-14(2)24)21-19(25)18-10-11-23(22-18)16-6-4-3-5-7-16/h3-12H,1-2H3,(H,20,24)(H,21,25). The quantitative estimate of drug-likeness (QED) is 0.768. The minimum atomic E-state index is -0.290. The second-order valence-corrected chi connectivity index (χ2v) is 5.65. The van der Waals surface area contributed by atoms with Gasteiger partial charge in [0.2, 0.25) is 5.91 Å². The van der Waals surface area contributed by atoms with Crippen molar-refractivity contribution < 1.29 is 9.59 Å². The van der Waals surface area contributed by atoms with Gasteiger partial charge in [0.15, 0.2) is 5.69 Å². The number of aryl methyl sites for hydroxylation is 1. The van der Waals surface area contributed by atoms with Crippen LogP contribution in [0.3, 0.4) is 0 Å². The van der Waals surface area contributed by atoms with Crippen LogP contribution in [-0.4, -0.2) is 21.6 Å². The van der Waals surface area contributed by atoms with Crippen LogP contribution in [0.4, 0.5) is 11.4 Å². The van der Waals surface area contributed by atoms with Gasteiger partial charge in [-0.3, -0.25) is 9.59 Å². The van der Waals surface area contributed by atoms with E-state index in [0.29, 0.717) is 11.4 Å². The molecule has 0 aliphatic rings. The van der Waals surface area contributed by atoms with E-state index >= 15 is 0 Å². The molecular weight excluding hydrogens is 316 g/mol. The fourth-order valence-electron chi connectivity index (χ4n) is 2.44. The van der Waals surface area contributed by atoms with Crippen molar-refractivity contribution in [2.45, 2.75) is 13.8 Å². The molecule has 0 unspecified atom stereocenters. The number of anilines is 2. The summed E-state index contributed by atoms with van der Waals surface area (Å²) in [6.45, 7) is 3.32. The SMILES string of the molecule is CC(=O)Nc1ccc(NC(=O)c2ccn(-c3ccccc3)n2)cc1C. The molecule has 0 radical (unpaired) electrons. The van der Waals surface area contributed by atoms with E-state index in [1.165, 1.54) is 6.92 Å². The van der Waals surface area contributed by atoms with Crippen molar-refractivity contribution in [1.82, 2.24) is 9.78 Å². The van der Waals surface area contributed by atoms with E-state index in [0.717, 1.165) is 16.9 Å². The molecular formula is C19H18N4O2. The first-order valence-corrected chi connectivity index (χ1v) is 7.83. The molecule has 2 amide bonds. The Morgan fingerprint density at radius 2 is 1.76 bits per heavy atom. The molecule has 0 aliphatic carbocycles. The number of hydrogen-bond acceptors (Lipinski definition) is 3. The highest BCUT2D eigenvalue weighted by Gasteiger charge is 2.11. The summed E-state index contributed by atoms with van der Waals surface area (Å²) in [7, 11) is 0. The fraction of sp³-hybridized carbons (Fsp3) is 0.105. The van der Waals surface area contributed by atoms with Gasteiger partial charge in [0, 0.05) is 24.5 Å². The van der Waals surface area contributed by atoms with Crippen molar-refractivity contribution in [2.24, 2.45) is 0 Å². The van der Waals surface area contributed by atoms with Crippen molar-refractivity contribution in [2.75, 3.05) is 10.6 Å². The molecule has 0 spiro atoms. The Morgan fingerprint density at radius 3 is 2.44 bits per heavy atom. The lowest BCUT2D eigenvalue weighted by Crippen LogP contribution is -2.14. The van der Waals surface area contributed by atoms with Crippen LogP contribution in [0.2, 0.25) is 0 Å². The van der Waals surface area contributed by atoms with Gasteiger partial charge in [-0.2, -0.15) is 5.10 Å². The summed E-state index contributed by atoms with van der Waals surface area (Å²) in [6, 6.07) is 16.6. The lowest BCUT2D eigenvalue weighted by molar-refractivity contribution is -0.114. The van der Waals surface area contributed by atoms with Gasteiger partial charge in [-0.25, -0.2) is 4.68 Å². The van der Waals surface area contributed by atoms with Crippen molar-refractivity contribution in [3.63, 3.8) is 0 Å². The first kappa shape index (κ1) is 16.4. The van der Waals surface area contributed by atoms with Crippen LogP contribution in [0.1, 0.15) is 23.0 Å². The second-order valence-electron chi connectivity index (χ2n) is 5.65. The number of aromatic nitrogens is 2. The van der Waals surface area contributed by atoms with E-state index in [4.69, 9.17) is 0 Å². The molecule has 3 aromatic rings. The zero-order chi connectivity index (χ0) is 17.8. The van der Waals surface area contributed by atoms with Crippen LogP contribution >= 0.6 is 0 Å². The third kappa shape index (κ3) is 3.92. The lowest BCUT2D eigenvalue weighted by Gasteiger charge is -2.09. The molecule has 0 fully saturated rings. The number of carbonyl (C=O) groups excluding carboxylic acids is 2. The molecule has 6 nitrogen and oxygen atoms in total. The number of rotatable bonds is 4. The summed E-state index contributed by atoms with van der Waals surface area (Å²) in [6.07, 6.45) is 1.75. The van der Waals surface area contributed by atoms with E-state index in [2.05, 4.69) is 15.7 Å². The summed E-state index contributed by atoms with van der Waals surface area (Å²) in [4.78, 5) is 23.5. The minimum absolute atomic E-state index is 0.133. The van der Waals surface area contributed by atoms with Gasteiger partial charge in [0.05, 0.1) is 5.69 Å². The third-order valence-electron chi connectivity index (χ3n) is 3.64. The number of benzene rings is 2. The zero-order valence-electron chi connectivity index (χ0n) is 14.0. The first-order valence-electron chi connectivity index (χ1n) is 7.83. The van der Waals surface area contributed by atoms with E-state index < -0.39 is 0 Å². The van der Waals surface area contributed by atoms with E-state index in [1.54, 1.807) is 35.1 Å². The van der Waals surface area contributed by atoms with Gasteiger partial charge < -0.3 is 10.6 Å². The summed E-state index contributed by atoms with van der Waals surface area (Å²) < 4.78 is 1.65. The highest BCUT2D eigenvalue weighted by molar-refractivity contribution is 6.03. The minimum Gasteiger partial charge on any atom is -0.326 e. The average Bonchev–Trinajstić information content (AvgIpc) is 3.08. The van der Waals surface area contributed by atoms with E-state index in [-0.39, 0.29) is 11.8 Å². The predicted molar refractivity (Wildman–Crippen MR) is 97.0 cm³/mol. The van der Waals surface area contributed by atoms with Crippen LogP contribution in [0.25, 0.3) is 5.69 Å². The van der Waals surface area contributed by atoms with Crippen LogP contribution in [0, 0.1) is 6.92 Å². The Balaban J connectivity index is 1.73. The first-order chi connectivity index (χ1) is 12.0. The number of hydrogen-bond donors (Lipinski definition) is 2. The second kappa shape index (κ2) is 7.00. The van der Waals surface area contributed by atoms with Gasteiger partial charge in [-0.1, -0.05) is 18.2 Å². The van der Waals surface area contributed by atoms with Crippen LogP contribution in [-0.2, 0) is 4.79 Å². The van der Waals surface area contributed by atoms with Gasteiger partial charge in [0.1, 0.15) is 0 Å². The molecule has 0 saturated carbocycles. The van der Waals surface area contributed by atoms with Crippen LogP contribution in [0.15, 0.2) is 60.8 Å². The molecule has 0 aliphatic heterocycles. The average molecular weight is 334 g/mol. The van der Waals surface area contributed by atoms with Gasteiger partial charge in [-0.15, -0.1) is 0 Å². The van der Waals surface area contributed by atoms with Crippen molar-refractivity contribution in [1.29, 1.82) is 0 Å². The molecule has 3 rings (SSSR count). The Bertz CT molecular complexity index is 916. The molecule has 0 saturated heterocycles. The summed E-state index contributed by atoms with van der Waals surface area (Å²) in [5.41, 5.74) is 3.44. The molecule has 2 aromatic carbocycles.